The zero-order valence-corrected chi connectivity index (χ0v) is 41.0. The molecule has 0 aliphatic carbocycles. The smallest absolute Gasteiger partial charge is 0.328 e. The number of ether oxygens (including phenoxy) is 4. The van der Waals surface area contributed by atoms with E-state index in [0.717, 1.165) is 43.8 Å². The molecule has 6 aromatic carbocycles. The SMILES string of the molecule is CNC(=N)NCCC[C@@H](NC(=O)CCCOc1ccc2ccccc2c1-c1c(OCCCC(=O)N[C@H](CCCNC(=N)NC)C(=O)OCc2ccccc2)ccc2ccccc12)C(=O)OCc1ccccc1. The molecule has 6 rings (SSSR count). The van der Waals surface area contributed by atoms with Gasteiger partial charge in [-0.15, -0.1) is 0 Å². The number of benzene rings is 6. The summed E-state index contributed by atoms with van der Waals surface area (Å²) in [6.45, 7) is 1.43. The van der Waals surface area contributed by atoms with Crippen molar-refractivity contribution in [3.63, 3.8) is 0 Å². The average Bonchev–Trinajstić information content (AvgIpc) is 3.41. The average molecular weight is 979 g/mol. The molecule has 0 aliphatic heterocycles. The first-order valence-electron chi connectivity index (χ1n) is 24.4. The minimum absolute atomic E-state index is 0.0818. The summed E-state index contributed by atoms with van der Waals surface area (Å²) in [6, 6.07) is 40.9. The second-order valence-corrected chi connectivity index (χ2v) is 17.0. The summed E-state index contributed by atoms with van der Waals surface area (Å²) in [5, 5.41) is 36.5. The minimum Gasteiger partial charge on any atom is -0.493 e. The minimum atomic E-state index is -0.872. The highest BCUT2D eigenvalue weighted by Gasteiger charge is 2.25. The Morgan fingerprint density at radius 2 is 0.875 bits per heavy atom. The lowest BCUT2D eigenvalue weighted by atomic mass is 9.92. The monoisotopic (exact) mass is 979 g/mol. The Bertz CT molecular complexity index is 2550. The molecule has 0 bridgehead atoms. The molecule has 0 unspecified atom stereocenters. The summed E-state index contributed by atoms with van der Waals surface area (Å²) < 4.78 is 24.3. The fourth-order valence-electron chi connectivity index (χ4n) is 7.99. The third kappa shape index (κ3) is 16.5. The normalized spacial score (nSPS) is 11.6. The molecule has 6 aromatic rings. The second kappa shape index (κ2) is 28.5. The van der Waals surface area contributed by atoms with E-state index in [-0.39, 0.29) is 63.0 Å². The third-order valence-electron chi connectivity index (χ3n) is 11.8. The molecule has 16 heteroatoms. The standard InChI is InChI=1S/C56H66N8O8/c1-59-55(57)61-33-13-25-45(53(67)71-37-39-17-5-3-6-18-39)63-49(65)27-15-35-69-47-31-29-41-21-9-11-23-43(41)51(47)52-44-24-12-10-22-42(44)30-32-48(52)70-36-16-28-50(66)64-46(26-14-34-62-56(58)60-2)54(68)72-38-40-19-7-4-8-20-40/h3-12,17-24,29-32,45-46H,13-16,25-28,33-38H2,1-2H3,(H,63,65)(H,64,66)(H3,57,59,61)(H3,58,60,62)/t45-,46-/m1/s1. The lowest BCUT2D eigenvalue weighted by Gasteiger charge is -2.20. The number of amides is 2. The molecule has 16 nitrogen and oxygen atoms in total. The molecule has 0 spiro atoms. The molecular formula is C56H66N8O8. The van der Waals surface area contributed by atoms with Crippen molar-refractivity contribution in [1.82, 2.24) is 31.9 Å². The Balaban J connectivity index is 1.11. The number of carbonyl (C=O) groups is 4. The van der Waals surface area contributed by atoms with Gasteiger partial charge in [0.05, 0.1) is 13.2 Å². The summed E-state index contributed by atoms with van der Waals surface area (Å²) in [6.07, 6.45) is 2.57. The van der Waals surface area contributed by atoms with Crippen LogP contribution in [0.4, 0.5) is 0 Å². The van der Waals surface area contributed by atoms with E-state index in [2.05, 4.69) is 31.9 Å². The van der Waals surface area contributed by atoms with Gasteiger partial charge in [0.1, 0.15) is 36.8 Å². The molecule has 0 fully saturated rings. The van der Waals surface area contributed by atoms with Crippen molar-refractivity contribution >= 4 is 57.2 Å². The van der Waals surface area contributed by atoms with E-state index in [1.54, 1.807) is 14.1 Å². The first-order chi connectivity index (χ1) is 35.1. The number of guanidine groups is 2. The number of hydrogen-bond donors (Lipinski definition) is 8. The maximum Gasteiger partial charge on any atom is 0.328 e. The van der Waals surface area contributed by atoms with Gasteiger partial charge < -0.3 is 50.8 Å². The Kier molecular flexibility index (Phi) is 21.1. The molecule has 378 valence electrons. The Morgan fingerprint density at radius 3 is 1.28 bits per heavy atom. The molecule has 2 amide bonds. The van der Waals surface area contributed by atoms with Crippen LogP contribution in [0.5, 0.6) is 11.5 Å². The summed E-state index contributed by atoms with van der Waals surface area (Å²) in [5.74, 6) is -0.167. The number of nitrogens with one attached hydrogen (secondary N) is 8. The van der Waals surface area contributed by atoms with Crippen LogP contribution in [0, 0.1) is 10.8 Å². The third-order valence-corrected chi connectivity index (χ3v) is 11.8. The van der Waals surface area contributed by atoms with Gasteiger partial charge in [-0.2, -0.15) is 0 Å². The maximum absolute atomic E-state index is 13.4. The number of carbonyl (C=O) groups excluding carboxylic acids is 4. The van der Waals surface area contributed by atoms with E-state index < -0.39 is 24.0 Å². The van der Waals surface area contributed by atoms with Crippen LogP contribution in [-0.2, 0) is 41.9 Å². The maximum atomic E-state index is 13.4. The van der Waals surface area contributed by atoms with Crippen LogP contribution in [0.15, 0.2) is 133 Å². The molecule has 0 saturated carbocycles. The summed E-state index contributed by atoms with van der Waals surface area (Å²) in [7, 11) is 3.29. The molecule has 8 N–H and O–H groups in total. The zero-order valence-electron chi connectivity index (χ0n) is 41.0. The highest BCUT2D eigenvalue weighted by Crippen LogP contribution is 2.45. The van der Waals surface area contributed by atoms with Crippen LogP contribution in [0.1, 0.15) is 62.5 Å². The molecular weight excluding hydrogens is 913 g/mol. The zero-order chi connectivity index (χ0) is 50.9. The number of rotatable bonds is 27. The molecule has 0 saturated heterocycles. The van der Waals surface area contributed by atoms with Gasteiger partial charge in [0.25, 0.3) is 0 Å². The fourth-order valence-corrected chi connectivity index (χ4v) is 7.99. The number of esters is 2. The lowest BCUT2D eigenvalue weighted by Crippen LogP contribution is -2.42. The first-order valence-corrected chi connectivity index (χ1v) is 24.4. The molecule has 72 heavy (non-hydrogen) atoms. The molecule has 2 atom stereocenters. The van der Waals surface area contributed by atoms with E-state index in [1.807, 2.05) is 133 Å². The van der Waals surface area contributed by atoms with Gasteiger partial charge >= 0.3 is 11.9 Å². The molecule has 0 aliphatic rings. The van der Waals surface area contributed by atoms with Crippen molar-refractivity contribution in [3.8, 4) is 22.6 Å². The van der Waals surface area contributed by atoms with E-state index in [4.69, 9.17) is 29.8 Å². The van der Waals surface area contributed by atoms with Crippen molar-refractivity contribution in [2.75, 3.05) is 40.4 Å². The summed E-state index contributed by atoms with van der Waals surface area (Å²) >= 11 is 0. The van der Waals surface area contributed by atoms with E-state index in [1.165, 1.54) is 0 Å². The second-order valence-electron chi connectivity index (χ2n) is 17.0. The Labute approximate surface area is 420 Å². The highest BCUT2D eigenvalue weighted by atomic mass is 16.5. The first kappa shape index (κ1) is 53.2. The van der Waals surface area contributed by atoms with Gasteiger partial charge in [0, 0.05) is 51.2 Å². The largest absolute Gasteiger partial charge is 0.493 e. The van der Waals surface area contributed by atoms with Gasteiger partial charge in [-0.1, -0.05) is 121 Å². The topological polar surface area (TPSA) is 225 Å². The predicted molar refractivity (Wildman–Crippen MR) is 281 cm³/mol. The van der Waals surface area contributed by atoms with E-state index >= 15 is 0 Å². The number of fused-ring (bicyclic) bond motifs is 2. The van der Waals surface area contributed by atoms with Gasteiger partial charge in [-0.3, -0.25) is 20.4 Å². The van der Waals surface area contributed by atoms with E-state index in [0.29, 0.717) is 63.1 Å². The van der Waals surface area contributed by atoms with Crippen LogP contribution >= 0.6 is 0 Å². The van der Waals surface area contributed by atoms with E-state index in [9.17, 15) is 19.2 Å². The summed E-state index contributed by atoms with van der Waals surface area (Å²) in [4.78, 5) is 53.3. The van der Waals surface area contributed by atoms with Crippen molar-refractivity contribution in [2.24, 2.45) is 0 Å². The van der Waals surface area contributed by atoms with Gasteiger partial charge in [0.2, 0.25) is 11.8 Å². The van der Waals surface area contributed by atoms with Crippen LogP contribution in [-0.4, -0.2) is 88.2 Å². The number of hydrogen-bond acceptors (Lipinski definition) is 10. The van der Waals surface area contributed by atoms with Crippen molar-refractivity contribution in [2.45, 2.75) is 76.7 Å². The summed E-state index contributed by atoms with van der Waals surface area (Å²) in [5.41, 5.74) is 3.31. The van der Waals surface area contributed by atoms with Crippen LogP contribution in [0.2, 0.25) is 0 Å². The van der Waals surface area contributed by atoms with Crippen molar-refractivity contribution < 1.29 is 38.1 Å². The van der Waals surface area contributed by atoms with Crippen molar-refractivity contribution in [3.05, 3.63) is 145 Å². The van der Waals surface area contributed by atoms with Crippen LogP contribution < -0.4 is 41.4 Å². The fraction of sp³-hybridized carbons (Fsp3) is 0.321. The van der Waals surface area contributed by atoms with Crippen LogP contribution in [0.25, 0.3) is 32.7 Å². The van der Waals surface area contributed by atoms with Crippen LogP contribution in [0.3, 0.4) is 0 Å². The quantitative estimate of drug-likeness (QED) is 0.0109. The predicted octanol–water partition coefficient (Wildman–Crippen LogP) is 7.48. The highest BCUT2D eigenvalue weighted by molar-refractivity contribution is 6.09. The molecule has 0 heterocycles. The Hall–Kier alpha value is -8.14. The Morgan fingerprint density at radius 1 is 0.486 bits per heavy atom. The lowest BCUT2D eigenvalue weighted by molar-refractivity contribution is -0.149. The molecule has 0 aromatic heterocycles. The van der Waals surface area contributed by atoms with Gasteiger partial charge in [-0.25, -0.2) is 9.59 Å². The van der Waals surface area contributed by atoms with Crippen molar-refractivity contribution in [1.29, 1.82) is 10.8 Å². The van der Waals surface area contributed by atoms with Gasteiger partial charge in [-0.05, 0) is 83.3 Å². The van der Waals surface area contributed by atoms with Gasteiger partial charge in [0.15, 0.2) is 11.9 Å². The molecule has 0 radical (unpaired) electrons.